The first-order valence-corrected chi connectivity index (χ1v) is 8.09. The second kappa shape index (κ2) is 13.0. The van der Waals surface area contributed by atoms with Crippen LogP contribution in [0.25, 0.3) is 0 Å². The molecule has 1 amide bonds. The van der Waals surface area contributed by atoms with Crippen LogP contribution in [-0.2, 0) is 19.0 Å². The van der Waals surface area contributed by atoms with Crippen molar-refractivity contribution in [1.82, 2.24) is 10.6 Å². The highest BCUT2D eigenvalue weighted by molar-refractivity contribution is 5.82. The van der Waals surface area contributed by atoms with E-state index in [0.717, 1.165) is 38.8 Å². The summed E-state index contributed by atoms with van der Waals surface area (Å²) in [6, 6.07) is -0.0566. The minimum Gasteiger partial charge on any atom is -0.379 e. The van der Waals surface area contributed by atoms with E-state index in [1.54, 1.807) is 0 Å². The number of amides is 1. The minimum absolute atomic E-state index is 0.0566. The number of piperidine rings is 1. The largest absolute Gasteiger partial charge is 0.379 e. The van der Waals surface area contributed by atoms with Crippen molar-refractivity contribution in [1.29, 1.82) is 0 Å². The normalized spacial score (nSPS) is 18.7. The predicted molar refractivity (Wildman–Crippen MR) is 81.4 cm³/mol. The van der Waals surface area contributed by atoms with Crippen molar-refractivity contribution in [2.24, 2.45) is 0 Å². The van der Waals surface area contributed by atoms with Crippen LogP contribution in [0.2, 0.25) is 0 Å². The summed E-state index contributed by atoms with van der Waals surface area (Å²) in [7, 11) is 0. The molecule has 0 aromatic rings. The molecule has 6 nitrogen and oxygen atoms in total. The van der Waals surface area contributed by atoms with Crippen molar-refractivity contribution >= 4 is 5.91 Å². The van der Waals surface area contributed by atoms with Gasteiger partial charge >= 0.3 is 0 Å². The molecule has 6 heteroatoms. The summed E-state index contributed by atoms with van der Waals surface area (Å²) in [5.74, 6) is 0.104. The molecule has 0 bridgehead atoms. The molecule has 0 radical (unpaired) electrons. The molecule has 0 aliphatic carbocycles. The molecular weight excluding hydrogens is 272 g/mol. The molecule has 1 aliphatic rings. The SMILES string of the molecule is CCCCOCCOCCOCCNC1CCCNC1=O. The van der Waals surface area contributed by atoms with Gasteiger partial charge in [-0.2, -0.15) is 0 Å². The molecule has 1 heterocycles. The fourth-order valence-electron chi connectivity index (χ4n) is 2.06. The molecule has 0 spiro atoms. The van der Waals surface area contributed by atoms with Crippen LogP contribution < -0.4 is 10.6 Å². The maximum Gasteiger partial charge on any atom is 0.237 e. The van der Waals surface area contributed by atoms with Gasteiger partial charge < -0.3 is 24.8 Å². The fraction of sp³-hybridized carbons (Fsp3) is 0.933. The van der Waals surface area contributed by atoms with Crippen LogP contribution in [0.3, 0.4) is 0 Å². The van der Waals surface area contributed by atoms with Gasteiger partial charge in [-0.25, -0.2) is 0 Å². The van der Waals surface area contributed by atoms with Crippen LogP contribution in [0.5, 0.6) is 0 Å². The summed E-state index contributed by atoms with van der Waals surface area (Å²) in [5.41, 5.74) is 0. The van der Waals surface area contributed by atoms with Crippen molar-refractivity contribution in [2.75, 3.05) is 52.7 Å². The molecule has 1 unspecified atom stereocenters. The van der Waals surface area contributed by atoms with Crippen LogP contribution >= 0.6 is 0 Å². The zero-order valence-corrected chi connectivity index (χ0v) is 13.2. The number of ether oxygens (including phenoxy) is 3. The first-order chi connectivity index (χ1) is 10.3. The third-order valence-corrected chi connectivity index (χ3v) is 3.31. The second-order valence-electron chi connectivity index (χ2n) is 5.13. The van der Waals surface area contributed by atoms with Crippen molar-refractivity contribution in [2.45, 2.75) is 38.6 Å². The highest BCUT2D eigenvalue weighted by Gasteiger charge is 2.20. The summed E-state index contributed by atoms with van der Waals surface area (Å²) >= 11 is 0. The van der Waals surface area contributed by atoms with Crippen LogP contribution in [0.4, 0.5) is 0 Å². The summed E-state index contributed by atoms with van der Waals surface area (Å²) < 4.78 is 16.2. The Hall–Kier alpha value is -0.690. The Morgan fingerprint density at radius 2 is 1.76 bits per heavy atom. The van der Waals surface area contributed by atoms with Gasteiger partial charge in [0, 0.05) is 19.7 Å². The number of carbonyl (C=O) groups excluding carboxylic acids is 1. The van der Waals surface area contributed by atoms with Gasteiger partial charge in [-0.15, -0.1) is 0 Å². The summed E-state index contributed by atoms with van der Waals surface area (Å²) in [6.07, 6.45) is 4.21. The highest BCUT2D eigenvalue weighted by atomic mass is 16.5. The molecule has 1 rings (SSSR count). The Bertz CT molecular complexity index is 264. The third kappa shape index (κ3) is 9.79. The van der Waals surface area contributed by atoms with Crippen molar-refractivity contribution in [3.63, 3.8) is 0 Å². The smallest absolute Gasteiger partial charge is 0.237 e. The standard InChI is InChI=1S/C15H30N2O4/c1-2-3-8-19-10-12-21-13-11-20-9-7-16-14-5-4-6-17-15(14)18/h14,16H,2-13H2,1H3,(H,17,18). The van der Waals surface area contributed by atoms with Gasteiger partial charge in [-0.1, -0.05) is 13.3 Å². The molecule has 0 aromatic carbocycles. The van der Waals surface area contributed by atoms with Gasteiger partial charge in [-0.3, -0.25) is 4.79 Å². The van der Waals surface area contributed by atoms with E-state index in [2.05, 4.69) is 17.6 Å². The molecular formula is C15H30N2O4. The molecule has 0 saturated carbocycles. The first-order valence-electron chi connectivity index (χ1n) is 8.09. The Kier molecular flexibility index (Phi) is 11.4. The van der Waals surface area contributed by atoms with Crippen molar-refractivity contribution in [3.05, 3.63) is 0 Å². The molecule has 0 aromatic heterocycles. The lowest BCUT2D eigenvalue weighted by Crippen LogP contribution is -2.49. The number of hydrogen-bond donors (Lipinski definition) is 2. The minimum atomic E-state index is -0.0566. The molecule has 1 aliphatic heterocycles. The Labute approximate surface area is 127 Å². The van der Waals surface area contributed by atoms with E-state index in [1.165, 1.54) is 0 Å². The van der Waals surface area contributed by atoms with Crippen LogP contribution in [0, 0.1) is 0 Å². The van der Waals surface area contributed by atoms with Gasteiger partial charge in [0.15, 0.2) is 0 Å². The molecule has 124 valence electrons. The van der Waals surface area contributed by atoms with Gasteiger partial charge in [0.25, 0.3) is 0 Å². The Morgan fingerprint density at radius 3 is 2.43 bits per heavy atom. The fourth-order valence-corrected chi connectivity index (χ4v) is 2.06. The average Bonchev–Trinajstić information content (AvgIpc) is 2.50. The van der Waals surface area contributed by atoms with E-state index in [9.17, 15) is 4.79 Å². The van der Waals surface area contributed by atoms with Gasteiger partial charge in [0.1, 0.15) is 0 Å². The van der Waals surface area contributed by atoms with Crippen LogP contribution in [-0.4, -0.2) is 64.7 Å². The maximum absolute atomic E-state index is 11.5. The third-order valence-electron chi connectivity index (χ3n) is 3.31. The van der Waals surface area contributed by atoms with Crippen molar-refractivity contribution < 1.29 is 19.0 Å². The van der Waals surface area contributed by atoms with E-state index >= 15 is 0 Å². The van der Waals surface area contributed by atoms with E-state index in [4.69, 9.17) is 14.2 Å². The Morgan fingerprint density at radius 1 is 1.10 bits per heavy atom. The molecule has 1 fully saturated rings. The topological polar surface area (TPSA) is 68.8 Å². The van der Waals surface area contributed by atoms with Gasteiger partial charge in [0.2, 0.25) is 5.91 Å². The summed E-state index contributed by atoms with van der Waals surface area (Å²) in [6.45, 7) is 7.48. The lowest BCUT2D eigenvalue weighted by atomic mass is 10.1. The van der Waals surface area contributed by atoms with Gasteiger partial charge in [0.05, 0.1) is 39.1 Å². The number of unbranched alkanes of at least 4 members (excludes halogenated alkanes) is 1. The lowest BCUT2D eigenvalue weighted by Gasteiger charge is -2.22. The number of hydrogen-bond acceptors (Lipinski definition) is 5. The maximum atomic E-state index is 11.5. The van der Waals surface area contributed by atoms with E-state index in [0.29, 0.717) is 39.6 Å². The zero-order chi connectivity index (χ0) is 15.2. The molecule has 2 N–H and O–H groups in total. The first kappa shape index (κ1) is 18.4. The van der Waals surface area contributed by atoms with E-state index in [-0.39, 0.29) is 11.9 Å². The second-order valence-corrected chi connectivity index (χ2v) is 5.13. The number of nitrogens with one attached hydrogen (secondary N) is 2. The van der Waals surface area contributed by atoms with Crippen LogP contribution in [0.1, 0.15) is 32.6 Å². The Balaban J connectivity index is 1.77. The summed E-state index contributed by atoms with van der Waals surface area (Å²) in [4.78, 5) is 11.5. The zero-order valence-electron chi connectivity index (χ0n) is 13.2. The quantitative estimate of drug-likeness (QED) is 0.490. The number of carbonyl (C=O) groups is 1. The van der Waals surface area contributed by atoms with Crippen molar-refractivity contribution in [3.8, 4) is 0 Å². The van der Waals surface area contributed by atoms with Gasteiger partial charge in [-0.05, 0) is 19.3 Å². The predicted octanol–water partition coefficient (Wildman–Crippen LogP) is 0.705. The summed E-state index contributed by atoms with van der Waals surface area (Å²) in [5, 5.41) is 6.06. The number of rotatable bonds is 13. The monoisotopic (exact) mass is 302 g/mol. The molecule has 1 saturated heterocycles. The molecule has 1 atom stereocenters. The molecule has 21 heavy (non-hydrogen) atoms. The lowest BCUT2D eigenvalue weighted by molar-refractivity contribution is -0.124. The highest BCUT2D eigenvalue weighted by Crippen LogP contribution is 2.01. The van der Waals surface area contributed by atoms with Crippen LogP contribution in [0.15, 0.2) is 0 Å². The average molecular weight is 302 g/mol. The van der Waals surface area contributed by atoms with E-state index < -0.39 is 0 Å². The van der Waals surface area contributed by atoms with E-state index in [1.807, 2.05) is 0 Å².